The zero-order valence-electron chi connectivity index (χ0n) is 15.8. The highest BCUT2D eigenvalue weighted by Gasteiger charge is 2.25. The molecule has 0 saturated carbocycles. The molecule has 0 radical (unpaired) electrons. The molecule has 1 amide bonds. The van der Waals surface area contributed by atoms with Crippen LogP contribution in [0.15, 0.2) is 30.3 Å². The molecular formula is C20H26N2O4. The van der Waals surface area contributed by atoms with E-state index in [1.807, 2.05) is 48.7 Å². The Balaban J connectivity index is 2.45. The highest BCUT2D eigenvalue weighted by atomic mass is 16.5. The number of carbonyl (C=O) groups excluding carboxylic acids is 2. The standard InChI is InChI=1S/C20H26N2O4/c1-5-26-20(24)18-14(2)19(16-9-7-6-8-10-16)22(15(18)3)13-17(23)21-11-12-25-4/h6-10H,5,11-13H2,1-4H3,(H,21,23). The maximum Gasteiger partial charge on any atom is 0.340 e. The van der Waals surface area contributed by atoms with Gasteiger partial charge in [0.25, 0.3) is 0 Å². The number of esters is 1. The average molecular weight is 358 g/mol. The van der Waals surface area contributed by atoms with E-state index in [0.717, 1.165) is 22.5 Å². The van der Waals surface area contributed by atoms with Crippen LogP contribution in [0.5, 0.6) is 0 Å². The third-order valence-corrected chi connectivity index (χ3v) is 4.22. The van der Waals surface area contributed by atoms with Crippen molar-refractivity contribution in [3.63, 3.8) is 0 Å². The number of ether oxygens (including phenoxy) is 2. The molecule has 6 nitrogen and oxygen atoms in total. The minimum absolute atomic E-state index is 0.125. The smallest absolute Gasteiger partial charge is 0.340 e. The Morgan fingerprint density at radius 2 is 1.85 bits per heavy atom. The topological polar surface area (TPSA) is 69.6 Å². The van der Waals surface area contributed by atoms with E-state index >= 15 is 0 Å². The molecule has 2 aromatic rings. The fourth-order valence-electron chi connectivity index (χ4n) is 3.06. The van der Waals surface area contributed by atoms with Crippen LogP contribution in [0, 0.1) is 13.8 Å². The summed E-state index contributed by atoms with van der Waals surface area (Å²) in [5, 5.41) is 2.82. The molecule has 0 saturated heterocycles. The Kier molecular flexibility index (Phi) is 6.97. The molecule has 1 aromatic carbocycles. The average Bonchev–Trinajstić information content (AvgIpc) is 2.86. The van der Waals surface area contributed by atoms with E-state index in [-0.39, 0.29) is 18.4 Å². The third kappa shape index (κ3) is 4.32. The number of nitrogens with one attached hydrogen (secondary N) is 1. The molecule has 1 heterocycles. The van der Waals surface area contributed by atoms with Crippen molar-refractivity contribution in [2.24, 2.45) is 0 Å². The van der Waals surface area contributed by atoms with Crippen LogP contribution in [0.4, 0.5) is 0 Å². The Morgan fingerprint density at radius 1 is 1.15 bits per heavy atom. The predicted octanol–water partition coefficient (Wildman–Crippen LogP) is 2.71. The van der Waals surface area contributed by atoms with Crippen molar-refractivity contribution < 1.29 is 19.1 Å². The molecular weight excluding hydrogens is 332 g/mol. The van der Waals surface area contributed by atoms with Gasteiger partial charge >= 0.3 is 5.97 Å². The SMILES string of the molecule is CCOC(=O)c1c(C)c(-c2ccccc2)n(CC(=O)NCCOC)c1C. The maximum atomic E-state index is 12.4. The van der Waals surface area contributed by atoms with Crippen molar-refractivity contribution in [2.45, 2.75) is 27.3 Å². The Hall–Kier alpha value is -2.60. The molecule has 0 aliphatic heterocycles. The van der Waals surface area contributed by atoms with Crippen molar-refractivity contribution in [1.29, 1.82) is 0 Å². The minimum Gasteiger partial charge on any atom is -0.462 e. The summed E-state index contributed by atoms with van der Waals surface area (Å²) < 4.78 is 12.0. The van der Waals surface area contributed by atoms with Crippen LogP contribution in [0.1, 0.15) is 28.5 Å². The van der Waals surface area contributed by atoms with Gasteiger partial charge in [0.15, 0.2) is 0 Å². The van der Waals surface area contributed by atoms with Gasteiger partial charge < -0.3 is 19.4 Å². The first-order valence-corrected chi connectivity index (χ1v) is 8.69. The summed E-state index contributed by atoms with van der Waals surface area (Å²) in [5.41, 5.74) is 3.87. The number of nitrogens with zero attached hydrogens (tertiary/aromatic N) is 1. The first-order valence-electron chi connectivity index (χ1n) is 8.69. The predicted molar refractivity (Wildman–Crippen MR) is 100 cm³/mol. The van der Waals surface area contributed by atoms with E-state index in [1.54, 1.807) is 14.0 Å². The van der Waals surface area contributed by atoms with Crippen LogP contribution in [-0.4, -0.2) is 43.3 Å². The van der Waals surface area contributed by atoms with E-state index in [4.69, 9.17) is 9.47 Å². The van der Waals surface area contributed by atoms with Crippen LogP contribution < -0.4 is 5.32 Å². The molecule has 0 bridgehead atoms. The van der Waals surface area contributed by atoms with E-state index in [0.29, 0.717) is 25.3 Å². The zero-order valence-corrected chi connectivity index (χ0v) is 15.8. The van der Waals surface area contributed by atoms with Gasteiger partial charge in [-0.15, -0.1) is 0 Å². The summed E-state index contributed by atoms with van der Waals surface area (Å²) in [4.78, 5) is 24.8. The number of hydrogen-bond acceptors (Lipinski definition) is 4. The Bertz CT molecular complexity index is 766. The molecule has 1 aromatic heterocycles. The molecule has 2 rings (SSSR count). The van der Waals surface area contributed by atoms with Crippen molar-refractivity contribution >= 4 is 11.9 Å². The van der Waals surface area contributed by atoms with E-state index < -0.39 is 0 Å². The molecule has 0 fully saturated rings. The lowest BCUT2D eigenvalue weighted by atomic mass is 10.1. The lowest BCUT2D eigenvalue weighted by Gasteiger charge is -2.13. The second kappa shape index (κ2) is 9.20. The second-order valence-electron chi connectivity index (χ2n) is 5.95. The molecule has 6 heteroatoms. The van der Waals surface area contributed by atoms with E-state index in [9.17, 15) is 9.59 Å². The van der Waals surface area contributed by atoms with Crippen molar-refractivity contribution in [1.82, 2.24) is 9.88 Å². The molecule has 0 atom stereocenters. The molecule has 0 unspecified atom stereocenters. The minimum atomic E-state index is -0.363. The highest BCUT2D eigenvalue weighted by Crippen LogP contribution is 2.31. The molecule has 26 heavy (non-hydrogen) atoms. The zero-order chi connectivity index (χ0) is 19.1. The molecule has 140 valence electrons. The number of carbonyl (C=O) groups is 2. The fraction of sp³-hybridized carbons (Fsp3) is 0.400. The van der Waals surface area contributed by atoms with Crippen molar-refractivity contribution in [2.75, 3.05) is 26.9 Å². The van der Waals surface area contributed by atoms with Crippen LogP contribution >= 0.6 is 0 Å². The summed E-state index contributed by atoms with van der Waals surface area (Å²) in [6.07, 6.45) is 0. The number of amides is 1. The van der Waals surface area contributed by atoms with Gasteiger partial charge in [-0.05, 0) is 31.9 Å². The number of methoxy groups -OCH3 is 1. The van der Waals surface area contributed by atoms with Crippen molar-refractivity contribution in [3.8, 4) is 11.3 Å². The van der Waals surface area contributed by atoms with Gasteiger partial charge in [-0.3, -0.25) is 4.79 Å². The summed E-state index contributed by atoms with van der Waals surface area (Å²) in [5.74, 6) is -0.494. The quantitative estimate of drug-likeness (QED) is 0.582. The normalized spacial score (nSPS) is 10.6. The van der Waals surface area contributed by atoms with Gasteiger partial charge in [-0.2, -0.15) is 0 Å². The number of benzene rings is 1. The largest absolute Gasteiger partial charge is 0.462 e. The van der Waals surface area contributed by atoms with Crippen LogP contribution in [0.25, 0.3) is 11.3 Å². The molecule has 0 aliphatic carbocycles. The summed E-state index contributed by atoms with van der Waals surface area (Å²) in [7, 11) is 1.59. The van der Waals surface area contributed by atoms with Crippen LogP contribution in [0.3, 0.4) is 0 Å². The summed E-state index contributed by atoms with van der Waals surface area (Å²) in [6.45, 7) is 6.84. The first kappa shape index (κ1) is 19.7. The van der Waals surface area contributed by atoms with Gasteiger partial charge in [0.1, 0.15) is 6.54 Å². The lowest BCUT2D eigenvalue weighted by molar-refractivity contribution is -0.121. The summed E-state index contributed by atoms with van der Waals surface area (Å²) >= 11 is 0. The van der Waals surface area contributed by atoms with Gasteiger partial charge in [-0.25, -0.2) is 4.79 Å². The van der Waals surface area contributed by atoms with Crippen molar-refractivity contribution in [3.05, 3.63) is 47.2 Å². The monoisotopic (exact) mass is 358 g/mol. The number of hydrogen-bond donors (Lipinski definition) is 1. The van der Waals surface area contributed by atoms with Crippen LogP contribution in [0.2, 0.25) is 0 Å². The molecule has 1 N–H and O–H groups in total. The first-order chi connectivity index (χ1) is 12.5. The van der Waals surface area contributed by atoms with Gasteiger partial charge in [0.2, 0.25) is 5.91 Å². The van der Waals surface area contributed by atoms with Gasteiger partial charge in [0, 0.05) is 19.3 Å². The highest BCUT2D eigenvalue weighted by molar-refractivity contribution is 5.95. The van der Waals surface area contributed by atoms with Crippen LogP contribution in [-0.2, 0) is 20.8 Å². The summed E-state index contributed by atoms with van der Waals surface area (Å²) in [6, 6.07) is 9.74. The molecule has 0 aliphatic rings. The lowest BCUT2D eigenvalue weighted by Crippen LogP contribution is -2.30. The fourth-order valence-corrected chi connectivity index (χ4v) is 3.06. The number of aromatic nitrogens is 1. The maximum absolute atomic E-state index is 12.4. The second-order valence-corrected chi connectivity index (χ2v) is 5.95. The van der Waals surface area contributed by atoms with E-state index in [2.05, 4.69) is 5.32 Å². The molecule has 0 spiro atoms. The van der Waals surface area contributed by atoms with Gasteiger partial charge in [-0.1, -0.05) is 30.3 Å². The third-order valence-electron chi connectivity index (χ3n) is 4.22. The number of rotatable bonds is 8. The van der Waals surface area contributed by atoms with E-state index in [1.165, 1.54) is 0 Å². The van der Waals surface area contributed by atoms with Gasteiger partial charge in [0.05, 0.1) is 24.5 Å². The Morgan fingerprint density at radius 3 is 2.46 bits per heavy atom. The Labute approximate surface area is 154 Å².